The SMILES string of the molecule is Cc1cc(NCC(O)CO)cc(Br)c1F. The quantitative estimate of drug-likeness (QED) is 0.785. The largest absolute Gasteiger partial charge is 0.394 e. The zero-order valence-electron chi connectivity index (χ0n) is 8.30. The van der Waals surface area contributed by atoms with E-state index in [9.17, 15) is 4.39 Å². The number of halogens is 2. The fourth-order valence-corrected chi connectivity index (χ4v) is 1.69. The van der Waals surface area contributed by atoms with Gasteiger partial charge in [-0.1, -0.05) is 0 Å². The molecule has 15 heavy (non-hydrogen) atoms. The summed E-state index contributed by atoms with van der Waals surface area (Å²) in [4.78, 5) is 0. The molecule has 3 N–H and O–H groups in total. The van der Waals surface area contributed by atoms with E-state index in [4.69, 9.17) is 10.2 Å². The van der Waals surface area contributed by atoms with Crippen LogP contribution in [0.15, 0.2) is 16.6 Å². The molecule has 0 spiro atoms. The van der Waals surface area contributed by atoms with Gasteiger partial charge < -0.3 is 15.5 Å². The van der Waals surface area contributed by atoms with E-state index in [1.165, 1.54) is 0 Å². The molecule has 0 bridgehead atoms. The topological polar surface area (TPSA) is 52.5 Å². The molecule has 1 unspecified atom stereocenters. The van der Waals surface area contributed by atoms with E-state index in [1.54, 1.807) is 19.1 Å². The van der Waals surface area contributed by atoms with E-state index >= 15 is 0 Å². The van der Waals surface area contributed by atoms with Gasteiger partial charge in [-0.3, -0.25) is 0 Å². The Morgan fingerprint density at radius 1 is 1.53 bits per heavy atom. The molecule has 5 heteroatoms. The zero-order valence-corrected chi connectivity index (χ0v) is 9.88. The van der Waals surface area contributed by atoms with Crippen LogP contribution in [0.25, 0.3) is 0 Å². The number of hydrogen-bond donors (Lipinski definition) is 3. The number of rotatable bonds is 4. The molecule has 1 aromatic rings. The molecule has 0 radical (unpaired) electrons. The molecule has 1 rings (SSSR count). The van der Waals surface area contributed by atoms with Crippen molar-refractivity contribution >= 4 is 21.6 Å². The first-order chi connectivity index (χ1) is 7.04. The van der Waals surface area contributed by atoms with Gasteiger partial charge in [0.25, 0.3) is 0 Å². The van der Waals surface area contributed by atoms with Crippen molar-refractivity contribution in [2.24, 2.45) is 0 Å². The predicted octanol–water partition coefficient (Wildman–Crippen LogP) is 1.66. The van der Waals surface area contributed by atoms with Gasteiger partial charge in [-0.05, 0) is 40.5 Å². The summed E-state index contributed by atoms with van der Waals surface area (Å²) in [6, 6.07) is 3.23. The third-order valence-corrected chi connectivity index (χ3v) is 2.54. The van der Waals surface area contributed by atoms with E-state index in [0.29, 0.717) is 15.7 Å². The van der Waals surface area contributed by atoms with Crippen LogP contribution in [0, 0.1) is 12.7 Å². The lowest BCUT2D eigenvalue weighted by atomic mass is 10.2. The summed E-state index contributed by atoms with van der Waals surface area (Å²) in [5.74, 6) is -0.289. The highest BCUT2D eigenvalue weighted by Crippen LogP contribution is 2.23. The summed E-state index contributed by atoms with van der Waals surface area (Å²) in [7, 11) is 0. The highest BCUT2D eigenvalue weighted by atomic mass is 79.9. The third kappa shape index (κ3) is 3.44. The van der Waals surface area contributed by atoms with Crippen molar-refractivity contribution in [1.82, 2.24) is 0 Å². The van der Waals surface area contributed by atoms with Crippen molar-refractivity contribution in [3.8, 4) is 0 Å². The summed E-state index contributed by atoms with van der Waals surface area (Å²) >= 11 is 3.09. The molecule has 0 aromatic heterocycles. The molecule has 0 aliphatic carbocycles. The number of aliphatic hydroxyl groups excluding tert-OH is 2. The molecule has 0 saturated heterocycles. The summed E-state index contributed by atoms with van der Waals surface area (Å²) in [5.41, 5.74) is 1.22. The fourth-order valence-electron chi connectivity index (χ4n) is 1.13. The first kappa shape index (κ1) is 12.4. The van der Waals surface area contributed by atoms with Crippen molar-refractivity contribution in [3.63, 3.8) is 0 Å². The second-order valence-electron chi connectivity index (χ2n) is 3.31. The Morgan fingerprint density at radius 2 is 2.20 bits per heavy atom. The van der Waals surface area contributed by atoms with Gasteiger partial charge in [0.1, 0.15) is 5.82 Å². The number of hydrogen-bond acceptors (Lipinski definition) is 3. The lowest BCUT2D eigenvalue weighted by Crippen LogP contribution is -2.22. The summed E-state index contributed by atoms with van der Waals surface area (Å²) in [6.45, 7) is 1.59. The Labute approximate surface area is 96.1 Å². The molecule has 1 aromatic carbocycles. The monoisotopic (exact) mass is 277 g/mol. The highest BCUT2D eigenvalue weighted by Gasteiger charge is 2.06. The van der Waals surface area contributed by atoms with Gasteiger partial charge >= 0.3 is 0 Å². The molecule has 0 fully saturated rings. The molecule has 84 valence electrons. The second kappa shape index (κ2) is 5.44. The highest BCUT2D eigenvalue weighted by molar-refractivity contribution is 9.10. The zero-order chi connectivity index (χ0) is 11.4. The summed E-state index contributed by atoms with van der Waals surface area (Å²) < 4.78 is 13.6. The Bertz CT molecular complexity index is 323. The fraction of sp³-hybridized carbons (Fsp3) is 0.400. The number of benzene rings is 1. The van der Waals surface area contributed by atoms with Crippen molar-refractivity contribution in [3.05, 3.63) is 28.0 Å². The summed E-state index contributed by atoms with van der Waals surface area (Å²) in [5, 5.41) is 20.6. The smallest absolute Gasteiger partial charge is 0.140 e. The van der Waals surface area contributed by atoms with E-state index in [0.717, 1.165) is 0 Å². The number of aryl methyl sites for hydroxylation is 1. The minimum Gasteiger partial charge on any atom is -0.394 e. The van der Waals surface area contributed by atoms with Crippen LogP contribution in [-0.4, -0.2) is 29.5 Å². The molecule has 0 heterocycles. The van der Waals surface area contributed by atoms with Crippen molar-refractivity contribution < 1.29 is 14.6 Å². The van der Waals surface area contributed by atoms with Crippen LogP contribution in [0.1, 0.15) is 5.56 Å². The maximum Gasteiger partial charge on any atom is 0.140 e. The van der Waals surface area contributed by atoms with Crippen molar-refractivity contribution in [2.75, 3.05) is 18.5 Å². The first-order valence-electron chi connectivity index (χ1n) is 4.53. The molecule has 0 amide bonds. The molecular formula is C10H13BrFNO2. The molecule has 0 saturated carbocycles. The van der Waals surface area contributed by atoms with E-state index in [-0.39, 0.29) is 19.0 Å². The Hall–Kier alpha value is -0.650. The van der Waals surface area contributed by atoms with Gasteiger partial charge in [-0.15, -0.1) is 0 Å². The number of aliphatic hydroxyl groups is 2. The number of nitrogens with one attached hydrogen (secondary N) is 1. The van der Waals surface area contributed by atoms with Crippen LogP contribution in [0.3, 0.4) is 0 Å². The normalized spacial score (nSPS) is 12.6. The van der Waals surface area contributed by atoms with E-state index in [2.05, 4.69) is 21.2 Å². The van der Waals surface area contributed by atoms with Gasteiger partial charge in [-0.25, -0.2) is 4.39 Å². The molecule has 3 nitrogen and oxygen atoms in total. The van der Waals surface area contributed by atoms with Crippen molar-refractivity contribution in [2.45, 2.75) is 13.0 Å². The molecule has 0 aliphatic heterocycles. The Morgan fingerprint density at radius 3 is 2.73 bits per heavy atom. The van der Waals surface area contributed by atoms with Gasteiger partial charge in [0.05, 0.1) is 17.2 Å². The van der Waals surface area contributed by atoms with E-state index in [1.807, 2.05) is 0 Å². The Balaban J connectivity index is 2.70. The maximum absolute atomic E-state index is 13.2. The van der Waals surface area contributed by atoms with Gasteiger partial charge in [0.2, 0.25) is 0 Å². The lowest BCUT2D eigenvalue weighted by Gasteiger charge is -2.11. The van der Waals surface area contributed by atoms with Crippen LogP contribution >= 0.6 is 15.9 Å². The average Bonchev–Trinajstić information content (AvgIpc) is 2.22. The molecule has 1 atom stereocenters. The standard InChI is InChI=1S/C10H13BrFNO2/c1-6-2-7(3-9(11)10(6)12)13-4-8(15)5-14/h2-3,8,13-15H,4-5H2,1H3. The second-order valence-corrected chi connectivity index (χ2v) is 4.16. The molecular weight excluding hydrogens is 265 g/mol. The van der Waals surface area contributed by atoms with Gasteiger partial charge in [-0.2, -0.15) is 0 Å². The average molecular weight is 278 g/mol. The summed E-state index contributed by atoms with van der Waals surface area (Å²) in [6.07, 6.45) is -0.811. The van der Waals surface area contributed by atoms with Crippen LogP contribution in [-0.2, 0) is 0 Å². The molecule has 0 aliphatic rings. The van der Waals surface area contributed by atoms with Crippen LogP contribution in [0.4, 0.5) is 10.1 Å². The lowest BCUT2D eigenvalue weighted by molar-refractivity contribution is 0.105. The van der Waals surface area contributed by atoms with Gasteiger partial charge in [0.15, 0.2) is 0 Å². The van der Waals surface area contributed by atoms with Crippen LogP contribution < -0.4 is 5.32 Å². The minimum absolute atomic E-state index is 0.230. The number of anilines is 1. The van der Waals surface area contributed by atoms with E-state index < -0.39 is 6.10 Å². The van der Waals surface area contributed by atoms with Crippen molar-refractivity contribution in [1.29, 1.82) is 0 Å². The Kier molecular flexibility index (Phi) is 4.50. The van der Waals surface area contributed by atoms with Crippen LogP contribution in [0.2, 0.25) is 0 Å². The van der Waals surface area contributed by atoms with Crippen LogP contribution in [0.5, 0.6) is 0 Å². The third-order valence-electron chi connectivity index (χ3n) is 1.96. The minimum atomic E-state index is -0.811. The first-order valence-corrected chi connectivity index (χ1v) is 5.32. The maximum atomic E-state index is 13.2. The predicted molar refractivity (Wildman–Crippen MR) is 60.4 cm³/mol. The van der Waals surface area contributed by atoms with Gasteiger partial charge in [0, 0.05) is 12.2 Å².